The van der Waals surface area contributed by atoms with Gasteiger partial charge in [0.05, 0.1) is 24.4 Å². The Labute approximate surface area is 240 Å². The van der Waals surface area contributed by atoms with Gasteiger partial charge in [-0.1, -0.05) is 72.8 Å². The lowest BCUT2D eigenvalue weighted by molar-refractivity contribution is 0.0522. The molecule has 4 aromatic rings. The Morgan fingerprint density at radius 1 is 0.950 bits per heavy atom. The maximum Gasteiger partial charge on any atom is 0.435 e. The van der Waals surface area contributed by atoms with E-state index in [1.165, 1.54) is 4.68 Å². The van der Waals surface area contributed by atoms with Crippen LogP contribution in [0.2, 0.25) is 0 Å². The smallest absolute Gasteiger partial charge is 0.435 e. The molecule has 7 nitrogen and oxygen atoms in total. The molecule has 0 amide bonds. The zero-order valence-electron chi connectivity index (χ0n) is 24.1. The maximum atomic E-state index is 13.5. The minimum Gasteiger partial charge on any atom is -0.598 e. The summed E-state index contributed by atoms with van der Waals surface area (Å²) in [7, 11) is 0. The molecule has 1 aromatic heterocycles. The van der Waals surface area contributed by atoms with Crippen molar-refractivity contribution in [3.8, 4) is 0 Å². The van der Waals surface area contributed by atoms with Crippen molar-refractivity contribution in [2.75, 3.05) is 6.61 Å². The number of aromatic nitrogens is 2. The third-order valence-corrected chi connectivity index (χ3v) is 7.79. The third kappa shape index (κ3) is 7.52. The fourth-order valence-corrected chi connectivity index (χ4v) is 5.09. The zero-order chi connectivity index (χ0) is 28.9. The molecule has 2 unspecified atom stereocenters. The second kappa shape index (κ2) is 12.6. The summed E-state index contributed by atoms with van der Waals surface area (Å²) < 4.78 is 29.2. The van der Waals surface area contributed by atoms with Crippen LogP contribution in [0, 0.1) is 0 Å². The van der Waals surface area contributed by atoms with Crippen molar-refractivity contribution in [1.82, 2.24) is 14.5 Å². The number of rotatable bonds is 9. The van der Waals surface area contributed by atoms with E-state index in [-0.39, 0.29) is 0 Å². The number of para-hydroxylation sites is 1. The van der Waals surface area contributed by atoms with Crippen molar-refractivity contribution in [2.24, 2.45) is 0 Å². The predicted molar refractivity (Wildman–Crippen MR) is 160 cm³/mol. The minimum atomic E-state index is -1.42. The lowest BCUT2D eigenvalue weighted by atomic mass is 9.95. The molecule has 0 aliphatic heterocycles. The van der Waals surface area contributed by atoms with Gasteiger partial charge in [0.2, 0.25) is 0 Å². The van der Waals surface area contributed by atoms with Gasteiger partial charge in [-0.25, -0.2) is 4.79 Å². The molecule has 3 aromatic carbocycles. The van der Waals surface area contributed by atoms with Gasteiger partial charge in [-0.15, -0.1) is 4.72 Å². The molecule has 0 bridgehead atoms. The Bertz CT molecular complexity index is 1420. The Morgan fingerprint density at radius 3 is 2.30 bits per heavy atom. The highest BCUT2D eigenvalue weighted by molar-refractivity contribution is 7.90. The van der Waals surface area contributed by atoms with Crippen molar-refractivity contribution < 1.29 is 18.8 Å². The molecule has 4 rings (SSSR count). The highest BCUT2D eigenvalue weighted by Crippen LogP contribution is 2.33. The maximum absolute atomic E-state index is 13.5. The predicted octanol–water partition coefficient (Wildman–Crippen LogP) is 6.72. The van der Waals surface area contributed by atoms with E-state index in [1.54, 1.807) is 0 Å². The fourth-order valence-electron chi connectivity index (χ4n) is 4.29. The highest BCUT2D eigenvalue weighted by atomic mass is 32.2. The standard InChI is InChI=1S/C32H39N3O4S/c1-31(2,3)39-30(36)35-27-19-13-12-18-26(27)28(33-35)29(34-40(37)32(4,5)6)25-17-11-10-16-24(25)20-21-38-22-23-14-8-7-9-15-23/h7-19,29,34H,20-22H2,1-6H3. The largest absolute Gasteiger partial charge is 0.598 e. The van der Waals surface area contributed by atoms with E-state index in [0.29, 0.717) is 30.8 Å². The number of carbonyl (C=O) groups is 1. The number of fused-ring (bicyclic) bond motifs is 1. The second-order valence-electron chi connectivity index (χ2n) is 11.7. The zero-order valence-corrected chi connectivity index (χ0v) is 25.0. The van der Waals surface area contributed by atoms with E-state index in [2.05, 4.69) is 10.8 Å². The molecule has 2 atom stereocenters. The summed E-state index contributed by atoms with van der Waals surface area (Å²) >= 11 is -1.42. The normalized spacial score (nSPS) is 13.8. The molecule has 8 heteroatoms. The van der Waals surface area contributed by atoms with Gasteiger partial charge in [-0.2, -0.15) is 9.78 Å². The summed E-state index contributed by atoms with van der Waals surface area (Å²) in [6.07, 6.45) is 0.0989. The Balaban J connectivity index is 1.72. The molecule has 0 saturated heterocycles. The van der Waals surface area contributed by atoms with E-state index in [1.807, 2.05) is 114 Å². The van der Waals surface area contributed by atoms with Crippen LogP contribution in [0.4, 0.5) is 4.79 Å². The summed E-state index contributed by atoms with van der Waals surface area (Å²) in [4.78, 5) is 13.2. The van der Waals surface area contributed by atoms with Crippen LogP contribution in [0.5, 0.6) is 0 Å². The quantitative estimate of drug-likeness (QED) is 0.180. The van der Waals surface area contributed by atoms with Crippen LogP contribution in [-0.2, 0) is 33.9 Å². The van der Waals surface area contributed by atoms with Crippen LogP contribution in [0.25, 0.3) is 10.9 Å². The van der Waals surface area contributed by atoms with Crippen LogP contribution < -0.4 is 4.72 Å². The highest BCUT2D eigenvalue weighted by Gasteiger charge is 2.34. The second-order valence-corrected chi connectivity index (χ2v) is 13.7. The third-order valence-electron chi connectivity index (χ3n) is 6.23. The first kappa shape index (κ1) is 29.8. The molecule has 212 valence electrons. The van der Waals surface area contributed by atoms with Crippen LogP contribution >= 0.6 is 0 Å². The van der Waals surface area contributed by atoms with E-state index in [4.69, 9.17) is 14.6 Å². The SMILES string of the molecule is CC(C)(C)OC(=O)n1nc(C(N[S+]([O-])C(C)(C)C)c2ccccc2CCOCc2ccccc2)c2ccccc21. The van der Waals surface area contributed by atoms with Gasteiger partial charge in [0, 0.05) is 16.7 Å². The average molecular weight is 562 g/mol. The Kier molecular flexibility index (Phi) is 9.36. The molecule has 1 N–H and O–H groups in total. The summed E-state index contributed by atoms with van der Waals surface area (Å²) in [5.74, 6) is 0. The topological polar surface area (TPSA) is 88.4 Å². The van der Waals surface area contributed by atoms with Crippen molar-refractivity contribution in [3.05, 3.63) is 101 Å². The Hall–Kier alpha value is -3.17. The van der Waals surface area contributed by atoms with Crippen LogP contribution in [0.1, 0.15) is 70.0 Å². The summed E-state index contributed by atoms with van der Waals surface area (Å²) in [6, 6.07) is 25.1. The first-order chi connectivity index (χ1) is 18.9. The molecule has 0 spiro atoms. The van der Waals surface area contributed by atoms with Gasteiger partial charge < -0.3 is 14.0 Å². The molecular formula is C32H39N3O4S. The molecule has 0 aliphatic carbocycles. The first-order valence-electron chi connectivity index (χ1n) is 13.5. The summed E-state index contributed by atoms with van der Waals surface area (Å²) in [6.45, 7) is 12.3. The van der Waals surface area contributed by atoms with Crippen LogP contribution in [0.3, 0.4) is 0 Å². The minimum absolute atomic E-state index is 0.518. The van der Waals surface area contributed by atoms with Crippen molar-refractivity contribution in [1.29, 1.82) is 0 Å². The summed E-state index contributed by atoms with van der Waals surface area (Å²) in [5, 5.41) is 5.56. The summed E-state index contributed by atoms with van der Waals surface area (Å²) in [5.41, 5.74) is 3.66. The number of nitrogens with zero attached hydrogens (tertiary/aromatic N) is 2. The molecule has 40 heavy (non-hydrogen) atoms. The lowest BCUT2D eigenvalue weighted by Crippen LogP contribution is -2.42. The first-order valence-corrected chi connectivity index (χ1v) is 14.7. The molecular weight excluding hydrogens is 522 g/mol. The number of hydrogen-bond acceptors (Lipinski definition) is 6. The van der Waals surface area contributed by atoms with E-state index < -0.39 is 33.8 Å². The van der Waals surface area contributed by atoms with Gasteiger partial charge in [-0.3, -0.25) is 0 Å². The van der Waals surface area contributed by atoms with Gasteiger partial charge in [-0.05, 0) is 70.7 Å². The average Bonchev–Trinajstić information content (AvgIpc) is 3.29. The number of nitrogens with one attached hydrogen (secondary N) is 1. The number of benzene rings is 3. The van der Waals surface area contributed by atoms with Crippen molar-refractivity contribution >= 4 is 28.4 Å². The van der Waals surface area contributed by atoms with Gasteiger partial charge in [0.1, 0.15) is 16.4 Å². The molecule has 0 fully saturated rings. The van der Waals surface area contributed by atoms with E-state index in [0.717, 1.165) is 22.1 Å². The molecule has 1 heterocycles. The monoisotopic (exact) mass is 561 g/mol. The number of hydrogen-bond donors (Lipinski definition) is 1. The Morgan fingerprint density at radius 2 is 1.60 bits per heavy atom. The van der Waals surface area contributed by atoms with Gasteiger partial charge in [0.15, 0.2) is 0 Å². The van der Waals surface area contributed by atoms with Crippen molar-refractivity contribution in [2.45, 2.75) is 71.0 Å². The van der Waals surface area contributed by atoms with Crippen LogP contribution in [0.15, 0.2) is 78.9 Å². The fraction of sp³-hybridized carbons (Fsp3) is 0.375. The number of carbonyl (C=O) groups excluding carboxylic acids is 1. The molecule has 0 aliphatic rings. The molecule has 0 saturated carbocycles. The molecule has 0 radical (unpaired) electrons. The van der Waals surface area contributed by atoms with Gasteiger partial charge >= 0.3 is 6.09 Å². The van der Waals surface area contributed by atoms with E-state index >= 15 is 0 Å². The number of ether oxygens (including phenoxy) is 2. The lowest BCUT2D eigenvalue weighted by Gasteiger charge is -2.28. The van der Waals surface area contributed by atoms with Crippen molar-refractivity contribution in [3.63, 3.8) is 0 Å². The van der Waals surface area contributed by atoms with E-state index in [9.17, 15) is 9.35 Å². The van der Waals surface area contributed by atoms with Crippen LogP contribution in [-0.4, -0.2) is 37.4 Å². The van der Waals surface area contributed by atoms with Gasteiger partial charge in [0.25, 0.3) is 0 Å².